The quantitative estimate of drug-likeness (QED) is 0.779. The number of nitrogens with zero attached hydrogens (tertiary/aromatic N) is 1. The Balaban J connectivity index is 2.18. The number of methoxy groups -OCH3 is 2. The topological polar surface area (TPSA) is 48.0 Å². The van der Waals surface area contributed by atoms with Crippen molar-refractivity contribution in [3.63, 3.8) is 0 Å². The van der Waals surface area contributed by atoms with Gasteiger partial charge >= 0.3 is 5.97 Å². The summed E-state index contributed by atoms with van der Waals surface area (Å²) in [5.41, 5.74) is 2.24. The van der Waals surface area contributed by atoms with Gasteiger partial charge in [-0.25, -0.2) is 0 Å². The fourth-order valence-corrected chi connectivity index (χ4v) is 2.43. The Morgan fingerprint density at radius 1 is 1.45 bits per heavy atom. The summed E-state index contributed by atoms with van der Waals surface area (Å²) in [7, 11) is 3.06. The average Bonchev–Trinajstić information content (AvgIpc) is 2.47. The first kappa shape index (κ1) is 14.8. The number of esters is 1. The molecule has 1 aromatic rings. The second-order valence-corrected chi connectivity index (χ2v) is 4.90. The number of carbonyl (C=O) groups is 1. The zero-order valence-electron chi connectivity index (χ0n) is 12.2. The molecule has 1 aliphatic heterocycles. The van der Waals surface area contributed by atoms with Gasteiger partial charge in [0.25, 0.3) is 0 Å². The Bertz CT molecular complexity index is 475. The number of morpholine rings is 1. The van der Waals surface area contributed by atoms with Crippen LogP contribution in [0.1, 0.15) is 11.1 Å². The van der Waals surface area contributed by atoms with E-state index >= 15 is 0 Å². The Morgan fingerprint density at radius 2 is 2.25 bits per heavy atom. The van der Waals surface area contributed by atoms with Crippen LogP contribution in [0.5, 0.6) is 5.75 Å². The van der Waals surface area contributed by atoms with Crippen molar-refractivity contribution < 1.29 is 19.0 Å². The molecule has 2 rings (SSSR count). The lowest BCUT2D eigenvalue weighted by atomic mass is 10.1. The molecule has 1 fully saturated rings. The summed E-state index contributed by atoms with van der Waals surface area (Å²) in [5, 5.41) is 0. The van der Waals surface area contributed by atoms with Crippen molar-refractivity contribution in [2.45, 2.75) is 19.5 Å². The van der Waals surface area contributed by atoms with Gasteiger partial charge in [0.2, 0.25) is 0 Å². The number of ether oxygens (including phenoxy) is 3. The molecule has 0 spiro atoms. The van der Waals surface area contributed by atoms with Crippen LogP contribution in [0, 0.1) is 6.92 Å². The molecule has 0 amide bonds. The summed E-state index contributed by atoms with van der Waals surface area (Å²) in [6.07, 6.45) is 0. The highest BCUT2D eigenvalue weighted by Gasteiger charge is 2.30. The van der Waals surface area contributed by atoms with Crippen molar-refractivity contribution in [3.05, 3.63) is 29.3 Å². The highest BCUT2D eigenvalue weighted by atomic mass is 16.5. The van der Waals surface area contributed by atoms with Crippen LogP contribution in [-0.2, 0) is 20.8 Å². The standard InChI is InChI=1S/C15H21NO4/c1-11-4-5-14(18-2)12(8-11)9-16-6-7-20-10-13(16)15(17)19-3/h4-5,8,13H,6-7,9-10H2,1-3H3. The third-order valence-electron chi connectivity index (χ3n) is 3.52. The molecule has 110 valence electrons. The van der Waals surface area contributed by atoms with Crippen molar-refractivity contribution >= 4 is 5.97 Å². The van der Waals surface area contributed by atoms with Gasteiger partial charge in [0.05, 0.1) is 27.4 Å². The Labute approximate surface area is 119 Å². The third-order valence-corrected chi connectivity index (χ3v) is 3.52. The average molecular weight is 279 g/mol. The van der Waals surface area contributed by atoms with Crippen LogP contribution in [0.4, 0.5) is 0 Å². The molecule has 0 bridgehead atoms. The minimum Gasteiger partial charge on any atom is -0.496 e. The summed E-state index contributed by atoms with van der Waals surface area (Å²) in [6, 6.07) is 5.71. The number of rotatable bonds is 4. The van der Waals surface area contributed by atoms with Gasteiger partial charge in [0.1, 0.15) is 11.8 Å². The first-order valence-corrected chi connectivity index (χ1v) is 6.69. The van der Waals surface area contributed by atoms with E-state index in [1.54, 1.807) is 7.11 Å². The molecule has 1 saturated heterocycles. The summed E-state index contributed by atoms with van der Waals surface area (Å²) >= 11 is 0. The van der Waals surface area contributed by atoms with Crippen molar-refractivity contribution in [1.29, 1.82) is 0 Å². The highest BCUT2D eigenvalue weighted by molar-refractivity contribution is 5.76. The Hall–Kier alpha value is -1.59. The van der Waals surface area contributed by atoms with E-state index in [1.807, 2.05) is 19.1 Å². The monoisotopic (exact) mass is 279 g/mol. The van der Waals surface area contributed by atoms with Crippen LogP contribution in [0.2, 0.25) is 0 Å². The highest BCUT2D eigenvalue weighted by Crippen LogP contribution is 2.23. The molecule has 20 heavy (non-hydrogen) atoms. The Morgan fingerprint density at radius 3 is 2.95 bits per heavy atom. The Kier molecular flexibility index (Phi) is 4.98. The fourth-order valence-electron chi connectivity index (χ4n) is 2.43. The maximum atomic E-state index is 11.8. The van der Waals surface area contributed by atoms with Gasteiger partial charge in [-0.1, -0.05) is 17.7 Å². The molecule has 0 saturated carbocycles. The van der Waals surface area contributed by atoms with E-state index in [2.05, 4.69) is 11.0 Å². The van der Waals surface area contributed by atoms with Gasteiger partial charge in [-0.15, -0.1) is 0 Å². The lowest BCUT2D eigenvalue weighted by Crippen LogP contribution is -2.49. The first-order chi connectivity index (χ1) is 9.65. The zero-order chi connectivity index (χ0) is 14.5. The summed E-state index contributed by atoms with van der Waals surface area (Å²) < 4.78 is 15.6. The van der Waals surface area contributed by atoms with E-state index in [1.165, 1.54) is 12.7 Å². The zero-order valence-corrected chi connectivity index (χ0v) is 12.2. The second-order valence-electron chi connectivity index (χ2n) is 4.90. The van der Waals surface area contributed by atoms with E-state index in [-0.39, 0.29) is 12.0 Å². The lowest BCUT2D eigenvalue weighted by Gasteiger charge is -2.33. The molecule has 0 N–H and O–H groups in total. The first-order valence-electron chi connectivity index (χ1n) is 6.69. The predicted octanol–water partition coefficient (Wildman–Crippen LogP) is 1.38. The van der Waals surface area contributed by atoms with E-state index in [4.69, 9.17) is 14.2 Å². The van der Waals surface area contributed by atoms with E-state index in [0.29, 0.717) is 26.3 Å². The summed E-state index contributed by atoms with van der Waals surface area (Å²) in [4.78, 5) is 13.9. The molecule has 5 heteroatoms. The maximum absolute atomic E-state index is 11.8. The molecule has 1 aliphatic rings. The van der Waals surface area contributed by atoms with Gasteiger partial charge in [-0.2, -0.15) is 0 Å². The third kappa shape index (κ3) is 3.29. The molecule has 5 nitrogen and oxygen atoms in total. The van der Waals surface area contributed by atoms with Gasteiger partial charge in [0, 0.05) is 18.7 Å². The largest absolute Gasteiger partial charge is 0.496 e. The van der Waals surface area contributed by atoms with Gasteiger partial charge < -0.3 is 14.2 Å². The van der Waals surface area contributed by atoms with Gasteiger partial charge in [-0.05, 0) is 13.0 Å². The summed E-state index contributed by atoms with van der Waals surface area (Å²) in [5.74, 6) is 0.585. The van der Waals surface area contributed by atoms with E-state index in [0.717, 1.165) is 11.3 Å². The van der Waals surface area contributed by atoms with Crippen molar-refractivity contribution in [3.8, 4) is 5.75 Å². The number of aryl methyl sites for hydroxylation is 1. The molecule has 1 unspecified atom stereocenters. The van der Waals surface area contributed by atoms with E-state index in [9.17, 15) is 4.79 Å². The minimum atomic E-state index is -0.348. The molecule has 1 heterocycles. The SMILES string of the molecule is COC(=O)C1COCCN1Cc1cc(C)ccc1OC. The van der Waals surface area contributed by atoms with E-state index < -0.39 is 0 Å². The maximum Gasteiger partial charge on any atom is 0.325 e. The van der Waals surface area contributed by atoms with Gasteiger partial charge in [0.15, 0.2) is 0 Å². The molecule has 1 atom stereocenters. The second kappa shape index (κ2) is 6.72. The predicted molar refractivity (Wildman–Crippen MR) is 74.8 cm³/mol. The van der Waals surface area contributed by atoms with Crippen molar-refractivity contribution in [2.75, 3.05) is 34.0 Å². The number of hydrogen-bond acceptors (Lipinski definition) is 5. The van der Waals surface area contributed by atoms with Gasteiger partial charge in [-0.3, -0.25) is 9.69 Å². The van der Waals surface area contributed by atoms with Crippen molar-refractivity contribution in [2.24, 2.45) is 0 Å². The van der Waals surface area contributed by atoms with Crippen LogP contribution >= 0.6 is 0 Å². The van der Waals surface area contributed by atoms with Crippen LogP contribution in [0.15, 0.2) is 18.2 Å². The number of hydrogen-bond donors (Lipinski definition) is 0. The van der Waals surface area contributed by atoms with Crippen molar-refractivity contribution in [1.82, 2.24) is 4.90 Å². The molecule has 0 aromatic heterocycles. The smallest absolute Gasteiger partial charge is 0.325 e. The molecule has 0 radical (unpaired) electrons. The normalized spacial score (nSPS) is 19.6. The number of carbonyl (C=O) groups excluding carboxylic acids is 1. The lowest BCUT2D eigenvalue weighted by molar-refractivity contribution is -0.153. The van der Waals surface area contributed by atoms with Crippen LogP contribution in [0.25, 0.3) is 0 Å². The molecule has 1 aromatic carbocycles. The van der Waals surface area contributed by atoms with Crippen LogP contribution < -0.4 is 4.74 Å². The van der Waals surface area contributed by atoms with Crippen LogP contribution in [0.3, 0.4) is 0 Å². The molecule has 0 aliphatic carbocycles. The van der Waals surface area contributed by atoms with Crippen LogP contribution in [-0.4, -0.2) is 50.9 Å². The fraction of sp³-hybridized carbons (Fsp3) is 0.533. The molecular weight excluding hydrogens is 258 g/mol. The number of benzene rings is 1. The minimum absolute atomic E-state index is 0.253. The summed E-state index contributed by atoms with van der Waals surface area (Å²) in [6.45, 7) is 4.40. The molecular formula is C15H21NO4.